The lowest BCUT2D eigenvalue weighted by atomic mass is 10.1. The Balaban J connectivity index is 1.75. The average Bonchev–Trinajstić information content (AvgIpc) is 3.33. The molecule has 0 fully saturated rings. The van der Waals surface area contributed by atoms with E-state index in [0.717, 1.165) is 61.4 Å². The molecule has 0 atom stereocenters. The van der Waals surface area contributed by atoms with Crippen LogP contribution < -0.4 is 0 Å². The molecule has 0 amide bonds. The summed E-state index contributed by atoms with van der Waals surface area (Å²) in [5, 5.41) is 2.19. The van der Waals surface area contributed by atoms with E-state index in [2.05, 4.69) is 83.2 Å². The first-order valence-electron chi connectivity index (χ1n) is 10.4. The average molecular weight is 403 g/mol. The van der Waals surface area contributed by atoms with Gasteiger partial charge in [-0.2, -0.15) is 0 Å². The highest BCUT2D eigenvalue weighted by Crippen LogP contribution is 2.38. The topological polar surface area (TPSA) is 43.9 Å². The van der Waals surface area contributed by atoms with Crippen molar-refractivity contribution in [2.75, 3.05) is 0 Å². The normalized spacial score (nSPS) is 11.7. The number of furan rings is 1. The van der Waals surface area contributed by atoms with E-state index in [0.29, 0.717) is 0 Å². The van der Waals surface area contributed by atoms with Crippen molar-refractivity contribution in [2.45, 2.75) is 20.8 Å². The van der Waals surface area contributed by atoms with Crippen molar-refractivity contribution in [3.05, 3.63) is 89.7 Å². The molecule has 0 saturated heterocycles. The minimum absolute atomic E-state index is 0.839. The monoisotopic (exact) mass is 403 g/mol. The number of rotatable bonds is 2. The van der Waals surface area contributed by atoms with E-state index in [-0.39, 0.29) is 0 Å². The fourth-order valence-electron chi connectivity index (χ4n) is 4.55. The van der Waals surface area contributed by atoms with E-state index in [9.17, 15) is 0 Å². The van der Waals surface area contributed by atoms with Crippen molar-refractivity contribution in [3.8, 4) is 17.1 Å². The SMILES string of the molecule is Cc1cc2c(oc3c(-c4nc5ccccc5n4-c4ccccc4C)cccc32)c(C)n1. The molecule has 6 aromatic rings. The standard InChI is InChI=1S/C27H21N3O/c1-16-9-4-6-13-23(16)30-24-14-7-5-12-22(24)29-27(30)20-11-8-10-19-21-15-17(2)28-18(3)25(21)31-26(19)20/h4-15H,1-3H3. The molecule has 0 bridgehead atoms. The highest BCUT2D eigenvalue weighted by atomic mass is 16.3. The minimum atomic E-state index is 0.839. The van der Waals surface area contributed by atoms with E-state index in [1.165, 1.54) is 5.56 Å². The van der Waals surface area contributed by atoms with Gasteiger partial charge >= 0.3 is 0 Å². The third kappa shape index (κ3) is 2.61. The van der Waals surface area contributed by atoms with E-state index in [1.54, 1.807) is 0 Å². The largest absolute Gasteiger partial charge is 0.453 e. The molecular formula is C27H21N3O. The molecule has 3 aromatic carbocycles. The minimum Gasteiger partial charge on any atom is -0.453 e. The lowest BCUT2D eigenvalue weighted by Crippen LogP contribution is -2.00. The zero-order valence-corrected chi connectivity index (χ0v) is 17.7. The summed E-state index contributed by atoms with van der Waals surface area (Å²) < 4.78 is 8.66. The maximum atomic E-state index is 6.43. The Bertz CT molecular complexity index is 1620. The summed E-state index contributed by atoms with van der Waals surface area (Å²) in [6.45, 7) is 6.15. The van der Waals surface area contributed by atoms with Crippen molar-refractivity contribution in [3.63, 3.8) is 0 Å². The molecule has 3 heterocycles. The number of imidazole rings is 1. The van der Waals surface area contributed by atoms with E-state index in [4.69, 9.17) is 9.40 Å². The molecule has 4 nitrogen and oxygen atoms in total. The predicted octanol–water partition coefficient (Wildman–Crippen LogP) is 6.91. The van der Waals surface area contributed by atoms with Gasteiger partial charge < -0.3 is 4.42 Å². The number of aryl methyl sites for hydroxylation is 3. The zero-order valence-electron chi connectivity index (χ0n) is 17.7. The number of pyridine rings is 1. The third-order valence-corrected chi connectivity index (χ3v) is 5.94. The van der Waals surface area contributed by atoms with Crippen LogP contribution >= 0.6 is 0 Å². The lowest BCUT2D eigenvalue weighted by Gasteiger charge is -2.12. The van der Waals surface area contributed by atoms with Crippen LogP contribution in [0, 0.1) is 20.8 Å². The molecule has 0 radical (unpaired) electrons. The van der Waals surface area contributed by atoms with Crippen LogP contribution in [0.25, 0.3) is 50.0 Å². The van der Waals surface area contributed by atoms with Gasteiger partial charge in [0.15, 0.2) is 5.58 Å². The first kappa shape index (κ1) is 17.9. The number of fused-ring (bicyclic) bond motifs is 4. The zero-order chi connectivity index (χ0) is 21.1. The van der Waals surface area contributed by atoms with Gasteiger partial charge in [0.25, 0.3) is 0 Å². The van der Waals surface area contributed by atoms with Gasteiger partial charge in [-0.3, -0.25) is 9.55 Å². The summed E-state index contributed by atoms with van der Waals surface area (Å²) in [4.78, 5) is 9.64. The Hall–Kier alpha value is -3.92. The smallest absolute Gasteiger partial charge is 0.156 e. The number of hydrogen-bond acceptors (Lipinski definition) is 3. The second-order valence-corrected chi connectivity index (χ2v) is 8.06. The summed E-state index contributed by atoms with van der Waals surface area (Å²) in [6.07, 6.45) is 0. The lowest BCUT2D eigenvalue weighted by molar-refractivity contribution is 0.663. The van der Waals surface area contributed by atoms with Gasteiger partial charge in [-0.25, -0.2) is 4.98 Å². The van der Waals surface area contributed by atoms with Crippen molar-refractivity contribution in [1.82, 2.24) is 14.5 Å². The Kier molecular flexibility index (Phi) is 3.78. The Morgan fingerprint density at radius 3 is 2.42 bits per heavy atom. The fraction of sp³-hybridized carbons (Fsp3) is 0.111. The number of para-hydroxylation sites is 4. The molecule has 0 N–H and O–H groups in total. The summed E-state index contributed by atoms with van der Waals surface area (Å²) in [5.41, 5.74) is 8.91. The number of nitrogens with zero attached hydrogens (tertiary/aromatic N) is 3. The molecule has 150 valence electrons. The highest BCUT2D eigenvalue weighted by Gasteiger charge is 2.20. The van der Waals surface area contributed by atoms with Gasteiger partial charge in [0.1, 0.15) is 11.4 Å². The first-order chi connectivity index (χ1) is 15.1. The molecule has 6 rings (SSSR count). The quantitative estimate of drug-likeness (QED) is 0.315. The van der Waals surface area contributed by atoms with Crippen LogP contribution in [0.2, 0.25) is 0 Å². The van der Waals surface area contributed by atoms with E-state index < -0.39 is 0 Å². The molecule has 0 aliphatic rings. The van der Waals surface area contributed by atoms with Crippen LogP contribution in [0.3, 0.4) is 0 Å². The van der Waals surface area contributed by atoms with Crippen molar-refractivity contribution in [2.24, 2.45) is 0 Å². The van der Waals surface area contributed by atoms with Crippen LogP contribution in [0.1, 0.15) is 17.0 Å². The Morgan fingerprint density at radius 1 is 0.742 bits per heavy atom. The van der Waals surface area contributed by atoms with Gasteiger partial charge in [0.2, 0.25) is 0 Å². The van der Waals surface area contributed by atoms with Crippen molar-refractivity contribution in [1.29, 1.82) is 0 Å². The van der Waals surface area contributed by atoms with Crippen LogP contribution in [0.5, 0.6) is 0 Å². The van der Waals surface area contributed by atoms with Crippen LogP contribution in [-0.4, -0.2) is 14.5 Å². The van der Waals surface area contributed by atoms with Crippen LogP contribution in [0.15, 0.2) is 77.2 Å². The molecule has 31 heavy (non-hydrogen) atoms. The van der Waals surface area contributed by atoms with Gasteiger partial charge in [-0.15, -0.1) is 0 Å². The first-order valence-corrected chi connectivity index (χ1v) is 10.4. The van der Waals surface area contributed by atoms with Gasteiger partial charge in [-0.1, -0.05) is 42.5 Å². The van der Waals surface area contributed by atoms with E-state index >= 15 is 0 Å². The molecule has 3 aromatic heterocycles. The third-order valence-electron chi connectivity index (χ3n) is 5.94. The fourth-order valence-corrected chi connectivity index (χ4v) is 4.55. The molecule has 0 spiro atoms. The van der Waals surface area contributed by atoms with Crippen molar-refractivity contribution >= 4 is 33.0 Å². The summed E-state index contributed by atoms with van der Waals surface area (Å²) in [5.74, 6) is 0.877. The van der Waals surface area contributed by atoms with Gasteiger partial charge in [0, 0.05) is 16.5 Å². The van der Waals surface area contributed by atoms with E-state index in [1.807, 2.05) is 19.9 Å². The molecule has 0 aliphatic carbocycles. The second kappa shape index (κ2) is 6.54. The summed E-state index contributed by atoms with van der Waals surface area (Å²) in [6, 6.07) is 25.1. The molecule has 0 aliphatic heterocycles. The molecule has 0 unspecified atom stereocenters. The van der Waals surface area contributed by atoms with Crippen LogP contribution in [-0.2, 0) is 0 Å². The summed E-state index contributed by atoms with van der Waals surface area (Å²) in [7, 11) is 0. The summed E-state index contributed by atoms with van der Waals surface area (Å²) >= 11 is 0. The predicted molar refractivity (Wildman–Crippen MR) is 126 cm³/mol. The van der Waals surface area contributed by atoms with Gasteiger partial charge in [0.05, 0.1) is 28.0 Å². The number of aromatic nitrogens is 3. The molecule has 4 heteroatoms. The molecule has 0 saturated carbocycles. The Morgan fingerprint density at radius 2 is 1.55 bits per heavy atom. The maximum absolute atomic E-state index is 6.43. The highest BCUT2D eigenvalue weighted by molar-refractivity contribution is 6.10. The second-order valence-electron chi connectivity index (χ2n) is 8.06. The Labute approximate surface area is 179 Å². The van der Waals surface area contributed by atoms with Crippen LogP contribution in [0.4, 0.5) is 0 Å². The molecular weight excluding hydrogens is 382 g/mol. The van der Waals surface area contributed by atoms with Crippen molar-refractivity contribution < 1.29 is 4.42 Å². The van der Waals surface area contributed by atoms with Gasteiger partial charge in [-0.05, 0) is 56.7 Å². The maximum Gasteiger partial charge on any atom is 0.156 e. The number of hydrogen-bond donors (Lipinski definition) is 0. The number of benzene rings is 3.